The van der Waals surface area contributed by atoms with Gasteiger partial charge in [0.15, 0.2) is 6.61 Å². The molecule has 27 heavy (non-hydrogen) atoms. The predicted octanol–water partition coefficient (Wildman–Crippen LogP) is 3.18. The summed E-state index contributed by atoms with van der Waals surface area (Å²) in [6, 6.07) is 14.3. The monoisotopic (exact) mass is 386 g/mol. The number of carbonyl (C=O) groups excluding carboxylic acids is 3. The predicted molar refractivity (Wildman–Crippen MR) is 103 cm³/mol. The molecule has 1 heterocycles. The van der Waals surface area contributed by atoms with Crippen LogP contribution in [0.1, 0.15) is 12.0 Å². The summed E-state index contributed by atoms with van der Waals surface area (Å²) in [6.45, 7) is 1.72. The van der Waals surface area contributed by atoms with Crippen LogP contribution in [0.3, 0.4) is 0 Å². The molecule has 0 radical (unpaired) electrons. The van der Waals surface area contributed by atoms with E-state index in [9.17, 15) is 14.4 Å². The lowest BCUT2D eigenvalue weighted by Crippen LogP contribution is -2.28. The van der Waals surface area contributed by atoms with Crippen molar-refractivity contribution in [3.8, 4) is 0 Å². The molecule has 0 unspecified atom stereocenters. The van der Waals surface area contributed by atoms with Gasteiger partial charge in [-0.1, -0.05) is 41.9 Å². The van der Waals surface area contributed by atoms with E-state index in [1.54, 1.807) is 29.2 Å². The van der Waals surface area contributed by atoms with Gasteiger partial charge in [0.2, 0.25) is 5.91 Å². The minimum atomic E-state index is -0.592. The van der Waals surface area contributed by atoms with E-state index in [0.29, 0.717) is 10.7 Å². The van der Waals surface area contributed by atoms with Crippen molar-refractivity contribution in [1.29, 1.82) is 0 Å². The first kappa shape index (κ1) is 18.9. The van der Waals surface area contributed by atoms with Crippen LogP contribution in [0.25, 0.3) is 0 Å². The number of carbonyl (C=O) groups is 3. The van der Waals surface area contributed by atoms with Gasteiger partial charge in [-0.05, 0) is 30.7 Å². The van der Waals surface area contributed by atoms with Crippen molar-refractivity contribution in [2.75, 3.05) is 23.4 Å². The molecule has 1 fully saturated rings. The summed E-state index contributed by atoms with van der Waals surface area (Å²) in [5.41, 5.74) is 2.19. The lowest BCUT2D eigenvalue weighted by molar-refractivity contribution is -0.151. The van der Waals surface area contributed by atoms with Crippen LogP contribution in [-0.4, -0.2) is 30.9 Å². The molecule has 0 spiro atoms. The van der Waals surface area contributed by atoms with Crippen LogP contribution in [0.2, 0.25) is 5.02 Å². The normalized spacial score (nSPS) is 16.3. The molecule has 0 bridgehead atoms. The number of hydrogen-bond donors (Lipinski definition) is 1. The van der Waals surface area contributed by atoms with Gasteiger partial charge >= 0.3 is 5.97 Å². The van der Waals surface area contributed by atoms with E-state index < -0.39 is 24.4 Å². The molecule has 1 aliphatic rings. The molecule has 2 aromatic rings. The Morgan fingerprint density at radius 3 is 2.63 bits per heavy atom. The Balaban J connectivity index is 1.54. The van der Waals surface area contributed by atoms with Gasteiger partial charge in [0.25, 0.3) is 5.91 Å². The fourth-order valence-corrected chi connectivity index (χ4v) is 3.15. The summed E-state index contributed by atoms with van der Waals surface area (Å²) >= 11 is 5.97. The largest absolute Gasteiger partial charge is 0.455 e. The van der Waals surface area contributed by atoms with E-state index in [4.69, 9.17) is 16.3 Å². The maximum atomic E-state index is 12.3. The number of rotatable bonds is 5. The molecule has 6 nitrogen and oxygen atoms in total. The summed E-state index contributed by atoms with van der Waals surface area (Å²) in [7, 11) is 0. The highest BCUT2D eigenvalue weighted by molar-refractivity contribution is 6.33. The topological polar surface area (TPSA) is 75.7 Å². The molecule has 0 saturated carbocycles. The SMILES string of the molecule is Cc1ccccc1N1C[C@H](C(=O)OCC(=O)Nc2ccccc2Cl)CC1=O. The van der Waals surface area contributed by atoms with E-state index in [1.165, 1.54) is 0 Å². The average molecular weight is 387 g/mol. The van der Waals surface area contributed by atoms with Crippen LogP contribution in [0.5, 0.6) is 0 Å². The summed E-state index contributed by atoms with van der Waals surface area (Å²) in [4.78, 5) is 38.1. The number of ether oxygens (including phenoxy) is 1. The number of nitrogens with one attached hydrogen (secondary N) is 1. The Bertz CT molecular complexity index is 884. The molecular formula is C20H19ClN2O4. The van der Waals surface area contributed by atoms with Crippen molar-refractivity contribution in [1.82, 2.24) is 0 Å². The summed E-state index contributed by atoms with van der Waals surface area (Å²) in [5.74, 6) is -1.78. The third-order valence-corrected chi connectivity index (χ3v) is 4.69. The van der Waals surface area contributed by atoms with Crippen LogP contribution in [0.4, 0.5) is 11.4 Å². The standard InChI is InChI=1S/C20H19ClN2O4/c1-13-6-2-5-9-17(13)23-11-14(10-19(23)25)20(26)27-12-18(24)22-16-8-4-3-7-15(16)21/h2-9,14H,10-12H2,1H3,(H,22,24)/t14-/m1/s1. The molecule has 2 aromatic carbocycles. The third-order valence-electron chi connectivity index (χ3n) is 4.36. The molecule has 7 heteroatoms. The van der Waals surface area contributed by atoms with Crippen LogP contribution < -0.4 is 10.2 Å². The minimum Gasteiger partial charge on any atom is -0.455 e. The van der Waals surface area contributed by atoms with Gasteiger partial charge in [0.1, 0.15) is 0 Å². The second-order valence-electron chi connectivity index (χ2n) is 6.33. The maximum Gasteiger partial charge on any atom is 0.311 e. The summed E-state index contributed by atoms with van der Waals surface area (Å²) in [6.07, 6.45) is 0.0688. The van der Waals surface area contributed by atoms with Crippen molar-refractivity contribution in [2.45, 2.75) is 13.3 Å². The number of amides is 2. The van der Waals surface area contributed by atoms with Gasteiger partial charge in [-0.3, -0.25) is 14.4 Å². The molecule has 1 N–H and O–H groups in total. The molecule has 0 aliphatic carbocycles. The first-order valence-corrected chi connectivity index (χ1v) is 8.90. The Kier molecular flexibility index (Phi) is 5.76. The number of hydrogen-bond acceptors (Lipinski definition) is 4. The third kappa shape index (κ3) is 4.46. The van der Waals surface area contributed by atoms with Crippen molar-refractivity contribution >= 4 is 40.8 Å². The van der Waals surface area contributed by atoms with E-state index in [0.717, 1.165) is 11.3 Å². The summed E-state index contributed by atoms with van der Waals surface area (Å²) < 4.78 is 5.09. The first-order valence-electron chi connectivity index (χ1n) is 8.52. The Labute approximate surface area is 162 Å². The molecular weight excluding hydrogens is 368 g/mol. The number of anilines is 2. The van der Waals surface area contributed by atoms with E-state index in [2.05, 4.69) is 5.32 Å². The molecule has 2 amide bonds. The highest BCUT2D eigenvalue weighted by Gasteiger charge is 2.36. The van der Waals surface area contributed by atoms with E-state index in [1.807, 2.05) is 31.2 Å². The highest BCUT2D eigenvalue weighted by Crippen LogP contribution is 2.28. The number of para-hydroxylation sites is 2. The fraction of sp³-hybridized carbons (Fsp3) is 0.250. The molecule has 3 rings (SSSR count). The molecule has 140 valence electrons. The van der Waals surface area contributed by atoms with Gasteiger partial charge in [0, 0.05) is 18.7 Å². The van der Waals surface area contributed by atoms with Crippen LogP contribution in [0, 0.1) is 12.8 Å². The fourth-order valence-electron chi connectivity index (χ4n) is 2.97. The summed E-state index contributed by atoms with van der Waals surface area (Å²) in [5, 5.41) is 2.98. The Morgan fingerprint density at radius 2 is 1.89 bits per heavy atom. The van der Waals surface area contributed by atoms with Crippen molar-refractivity contribution in [3.05, 3.63) is 59.1 Å². The smallest absolute Gasteiger partial charge is 0.311 e. The van der Waals surface area contributed by atoms with Crippen LogP contribution >= 0.6 is 11.6 Å². The van der Waals surface area contributed by atoms with Crippen molar-refractivity contribution < 1.29 is 19.1 Å². The molecule has 1 saturated heterocycles. The second kappa shape index (κ2) is 8.22. The Hall–Kier alpha value is -2.86. The zero-order chi connectivity index (χ0) is 19.4. The molecule has 1 atom stereocenters. The van der Waals surface area contributed by atoms with Crippen molar-refractivity contribution in [2.24, 2.45) is 5.92 Å². The minimum absolute atomic E-state index is 0.0688. The quantitative estimate of drug-likeness (QED) is 0.801. The van der Waals surface area contributed by atoms with Gasteiger partial charge in [0.05, 0.1) is 16.6 Å². The van der Waals surface area contributed by atoms with Gasteiger partial charge in [-0.25, -0.2) is 0 Å². The van der Waals surface area contributed by atoms with E-state index in [-0.39, 0.29) is 18.9 Å². The molecule has 1 aliphatic heterocycles. The number of nitrogens with zero attached hydrogens (tertiary/aromatic N) is 1. The highest BCUT2D eigenvalue weighted by atomic mass is 35.5. The van der Waals surface area contributed by atoms with Gasteiger partial charge in [-0.2, -0.15) is 0 Å². The zero-order valence-corrected chi connectivity index (χ0v) is 15.5. The number of halogens is 1. The van der Waals surface area contributed by atoms with Gasteiger partial charge < -0.3 is 15.0 Å². The average Bonchev–Trinajstić information content (AvgIpc) is 3.04. The zero-order valence-electron chi connectivity index (χ0n) is 14.8. The Morgan fingerprint density at radius 1 is 1.19 bits per heavy atom. The number of aryl methyl sites for hydroxylation is 1. The number of esters is 1. The lowest BCUT2D eigenvalue weighted by atomic mass is 10.1. The lowest BCUT2D eigenvalue weighted by Gasteiger charge is -2.18. The maximum absolute atomic E-state index is 12.3. The second-order valence-corrected chi connectivity index (χ2v) is 6.73. The molecule has 0 aromatic heterocycles. The first-order chi connectivity index (χ1) is 13.0. The van der Waals surface area contributed by atoms with Crippen LogP contribution in [-0.2, 0) is 19.1 Å². The van der Waals surface area contributed by atoms with E-state index >= 15 is 0 Å². The van der Waals surface area contributed by atoms with Crippen LogP contribution in [0.15, 0.2) is 48.5 Å². The van der Waals surface area contributed by atoms with Gasteiger partial charge in [-0.15, -0.1) is 0 Å². The number of benzene rings is 2. The van der Waals surface area contributed by atoms with Crippen molar-refractivity contribution in [3.63, 3.8) is 0 Å².